The van der Waals surface area contributed by atoms with Crippen molar-refractivity contribution in [1.29, 1.82) is 0 Å². The number of carbonyl (C=O) groups is 1. The van der Waals surface area contributed by atoms with E-state index < -0.39 is 11.9 Å². The van der Waals surface area contributed by atoms with E-state index >= 15 is 0 Å². The lowest BCUT2D eigenvalue weighted by molar-refractivity contribution is -0.270. The van der Waals surface area contributed by atoms with E-state index in [1.165, 1.54) is 18.2 Å². The van der Waals surface area contributed by atoms with Gasteiger partial charge in [0.15, 0.2) is 5.78 Å². The highest BCUT2D eigenvalue weighted by molar-refractivity contribution is 6.03. The lowest BCUT2D eigenvalue weighted by Crippen LogP contribution is -2.22. The maximum Gasteiger partial charge on any atom is 0.170 e. The van der Waals surface area contributed by atoms with Crippen LogP contribution in [0.25, 0.3) is 0 Å². The first kappa shape index (κ1) is 16.9. The van der Waals surface area contributed by atoms with E-state index in [0.717, 1.165) is 11.1 Å². The number of phenols is 2. The summed E-state index contributed by atoms with van der Waals surface area (Å²) in [4.78, 5) is 12.5. The molecule has 0 amide bonds. The quantitative estimate of drug-likeness (QED) is 0.837. The molecule has 0 aliphatic carbocycles. The maximum absolute atomic E-state index is 12.6. The standard InChI is InChI=1S/C20H20O5/c1-11(2)3-8-14-15(22)9-18-19(20(14)24)16(23)10-17(25-18)12-4-6-13(21)7-5-12/h3-7,9,17,21-22,24H,8,10H2,1-2H3/p-1. The molecule has 0 fully saturated rings. The summed E-state index contributed by atoms with van der Waals surface area (Å²) in [6.07, 6.45) is 1.59. The summed E-state index contributed by atoms with van der Waals surface area (Å²) in [6, 6.07) is 7.70. The topological polar surface area (TPSA) is 89.8 Å². The number of hydrogen-bond acceptors (Lipinski definition) is 5. The molecule has 1 heterocycles. The van der Waals surface area contributed by atoms with Gasteiger partial charge < -0.3 is 20.1 Å². The number of Topliss-reactive ketones (excluding diaryl/α,β-unsaturated/α-hetero) is 1. The number of allylic oxidation sites excluding steroid dienone is 2. The molecule has 0 aromatic heterocycles. The van der Waals surface area contributed by atoms with Crippen molar-refractivity contribution in [2.75, 3.05) is 0 Å². The summed E-state index contributed by atoms with van der Waals surface area (Å²) < 4.78 is 5.79. The lowest BCUT2D eigenvalue weighted by atomic mass is 9.93. The van der Waals surface area contributed by atoms with Gasteiger partial charge >= 0.3 is 0 Å². The maximum atomic E-state index is 12.6. The number of hydrogen-bond donors (Lipinski definition) is 2. The van der Waals surface area contributed by atoms with Gasteiger partial charge in [-0.15, -0.1) is 0 Å². The fourth-order valence-corrected chi connectivity index (χ4v) is 2.86. The molecule has 3 rings (SSSR count). The summed E-state index contributed by atoms with van der Waals surface area (Å²) in [6.45, 7) is 3.80. The van der Waals surface area contributed by atoms with Crippen LogP contribution in [0.15, 0.2) is 42.0 Å². The van der Waals surface area contributed by atoms with Gasteiger partial charge in [-0.2, -0.15) is 0 Å². The summed E-state index contributed by atoms with van der Waals surface area (Å²) in [5, 5.41) is 32.2. The molecule has 0 saturated heterocycles. The molecule has 1 aliphatic rings. The van der Waals surface area contributed by atoms with Crippen LogP contribution in [-0.2, 0) is 6.42 Å². The highest BCUT2D eigenvalue weighted by atomic mass is 16.5. The Morgan fingerprint density at radius 3 is 2.60 bits per heavy atom. The Bertz CT molecular complexity index is 845. The molecule has 5 heteroatoms. The molecule has 1 atom stereocenters. The second-order valence-electron chi connectivity index (χ2n) is 6.39. The predicted molar refractivity (Wildman–Crippen MR) is 91.1 cm³/mol. The number of ether oxygens (including phenoxy) is 1. The third kappa shape index (κ3) is 3.31. The molecule has 0 bridgehead atoms. The first-order valence-corrected chi connectivity index (χ1v) is 8.04. The first-order chi connectivity index (χ1) is 11.9. The Balaban J connectivity index is 1.98. The van der Waals surface area contributed by atoms with E-state index in [1.807, 2.05) is 19.9 Å². The summed E-state index contributed by atoms with van der Waals surface area (Å²) >= 11 is 0. The number of aromatic hydroxyl groups is 2. The van der Waals surface area contributed by atoms with Crippen LogP contribution in [0.5, 0.6) is 23.0 Å². The van der Waals surface area contributed by atoms with Gasteiger partial charge in [-0.1, -0.05) is 29.5 Å². The van der Waals surface area contributed by atoms with E-state index in [4.69, 9.17) is 4.74 Å². The minimum atomic E-state index is -0.553. The average molecular weight is 339 g/mol. The van der Waals surface area contributed by atoms with E-state index in [2.05, 4.69) is 0 Å². The Morgan fingerprint density at radius 1 is 1.28 bits per heavy atom. The SMILES string of the molecule is CC(C)=CCc1c(O)cc2c(c1[O-])C(=O)CC(c1ccc(O)cc1)O2. The predicted octanol–water partition coefficient (Wildman–Crippen LogP) is 3.39. The molecule has 1 unspecified atom stereocenters. The van der Waals surface area contributed by atoms with Gasteiger partial charge in [0.25, 0.3) is 0 Å². The van der Waals surface area contributed by atoms with Crippen LogP contribution in [0.2, 0.25) is 0 Å². The zero-order valence-corrected chi connectivity index (χ0v) is 14.1. The third-order valence-electron chi connectivity index (χ3n) is 4.22. The van der Waals surface area contributed by atoms with Crippen LogP contribution in [-0.4, -0.2) is 16.0 Å². The van der Waals surface area contributed by atoms with Gasteiger partial charge in [0, 0.05) is 6.07 Å². The Hall–Kier alpha value is -2.95. The summed E-state index contributed by atoms with van der Waals surface area (Å²) in [5.74, 6) is -0.711. The molecule has 2 N–H and O–H groups in total. The van der Waals surface area contributed by atoms with Crippen molar-refractivity contribution in [2.24, 2.45) is 0 Å². The molecule has 2 aromatic rings. The van der Waals surface area contributed by atoms with Gasteiger partial charge in [0.1, 0.15) is 23.4 Å². The Morgan fingerprint density at radius 2 is 1.96 bits per heavy atom. The van der Waals surface area contributed by atoms with E-state index in [1.54, 1.807) is 12.1 Å². The normalized spacial score (nSPS) is 16.1. The highest BCUT2D eigenvalue weighted by Gasteiger charge is 2.29. The van der Waals surface area contributed by atoms with Crippen molar-refractivity contribution in [3.8, 4) is 23.0 Å². The molecule has 1 aliphatic heterocycles. The van der Waals surface area contributed by atoms with Gasteiger partial charge in [0.05, 0.1) is 12.0 Å². The Labute approximate surface area is 145 Å². The minimum Gasteiger partial charge on any atom is -0.872 e. The van der Waals surface area contributed by atoms with Crippen molar-refractivity contribution >= 4 is 5.78 Å². The van der Waals surface area contributed by atoms with E-state index in [9.17, 15) is 20.1 Å². The van der Waals surface area contributed by atoms with Crippen LogP contribution in [0.3, 0.4) is 0 Å². The molecular weight excluding hydrogens is 320 g/mol. The molecule has 25 heavy (non-hydrogen) atoms. The number of carbonyl (C=O) groups excluding carboxylic acids is 1. The fourth-order valence-electron chi connectivity index (χ4n) is 2.86. The largest absolute Gasteiger partial charge is 0.872 e. The zero-order valence-electron chi connectivity index (χ0n) is 14.1. The lowest BCUT2D eigenvalue weighted by Gasteiger charge is -2.30. The van der Waals surface area contributed by atoms with Crippen molar-refractivity contribution in [3.05, 3.63) is 58.7 Å². The molecular formula is C20H19O5-. The van der Waals surface area contributed by atoms with Crippen LogP contribution < -0.4 is 9.84 Å². The number of rotatable bonds is 3. The van der Waals surface area contributed by atoms with Crippen molar-refractivity contribution < 1.29 is 24.9 Å². The second kappa shape index (κ2) is 6.51. The number of ketones is 1. The van der Waals surface area contributed by atoms with E-state index in [-0.39, 0.29) is 47.0 Å². The second-order valence-corrected chi connectivity index (χ2v) is 6.39. The zero-order chi connectivity index (χ0) is 18.1. The number of fused-ring (bicyclic) bond motifs is 1. The van der Waals surface area contributed by atoms with Crippen molar-refractivity contribution in [1.82, 2.24) is 0 Å². The van der Waals surface area contributed by atoms with Crippen molar-refractivity contribution in [3.63, 3.8) is 0 Å². The fraction of sp³-hybridized carbons (Fsp3) is 0.250. The molecule has 0 radical (unpaired) electrons. The Kier molecular flexibility index (Phi) is 4.40. The van der Waals surface area contributed by atoms with Gasteiger partial charge in [-0.25, -0.2) is 0 Å². The van der Waals surface area contributed by atoms with Crippen LogP contribution in [0.1, 0.15) is 47.9 Å². The number of phenolic OH excluding ortho intramolecular Hbond substituents is 2. The summed E-state index contributed by atoms with van der Waals surface area (Å²) in [5.41, 5.74) is 1.95. The van der Waals surface area contributed by atoms with Gasteiger partial charge in [0.2, 0.25) is 0 Å². The van der Waals surface area contributed by atoms with Crippen LogP contribution in [0, 0.1) is 0 Å². The van der Waals surface area contributed by atoms with Gasteiger partial charge in [-0.3, -0.25) is 4.79 Å². The molecule has 130 valence electrons. The average Bonchev–Trinajstić information content (AvgIpc) is 2.54. The first-order valence-electron chi connectivity index (χ1n) is 8.04. The minimum absolute atomic E-state index is 0.00462. The van der Waals surface area contributed by atoms with Crippen LogP contribution in [0.4, 0.5) is 0 Å². The molecule has 0 spiro atoms. The van der Waals surface area contributed by atoms with Crippen LogP contribution >= 0.6 is 0 Å². The highest BCUT2D eigenvalue weighted by Crippen LogP contribution is 2.43. The van der Waals surface area contributed by atoms with Crippen molar-refractivity contribution in [2.45, 2.75) is 32.8 Å². The third-order valence-corrected chi connectivity index (χ3v) is 4.22. The smallest absolute Gasteiger partial charge is 0.170 e. The molecule has 2 aromatic carbocycles. The molecule has 0 saturated carbocycles. The monoisotopic (exact) mass is 339 g/mol. The summed E-state index contributed by atoms with van der Waals surface area (Å²) in [7, 11) is 0. The van der Waals surface area contributed by atoms with Gasteiger partial charge in [-0.05, 0) is 43.5 Å². The molecule has 5 nitrogen and oxygen atoms in total. The van der Waals surface area contributed by atoms with E-state index in [0.29, 0.717) is 0 Å². The number of benzene rings is 2.